The van der Waals surface area contributed by atoms with Gasteiger partial charge in [0.1, 0.15) is 5.82 Å². The molecular formula is C15H23N5O. The Labute approximate surface area is 125 Å². The highest BCUT2D eigenvalue weighted by Gasteiger charge is 2.35. The molecular weight excluding hydrogens is 266 g/mol. The normalized spacial score (nSPS) is 27.0. The van der Waals surface area contributed by atoms with E-state index in [-0.39, 0.29) is 5.84 Å². The van der Waals surface area contributed by atoms with Crippen LogP contribution in [0.4, 0.5) is 5.82 Å². The molecule has 1 aromatic heterocycles. The number of amidine groups is 1. The molecule has 3 heterocycles. The van der Waals surface area contributed by atoms with E-state index in [1.54, 1.807) is 0 Å². The topological polar surface area (TPSA) is 78.0 Å². The van der Waals surface area contributed by atoms with E-state index in [1.807, 2.05) is 19.1 Å². The molecule has 0 amide bonds. The Morgan fingerprint density at radius 2 is 2.24 bits per heavy atom. The van der Waals surface area contributed by atoms with Crippen LogP contribution in [0.25, 0.3) is 0 Å². The van der Waals surface area contributed by atoms with Crippen LogP contribution < -0.4 is 10.6 Å². The average Bonchev–Trinajstić information content (AvgIpc) is 2.92. The monoisotopic (exact) mass is 289 g/mol. The van der Waals surface area contributed by atoms with Gasteiger partial charge in [-0.2, -0.15) is 0 Å². The maximum Gasteiger partial charge on any atom is 0.173 e. The molecule has 2 fully saturated rings. The first-order chi connectivity index (χ1) is 10.1. The summed E-state index contributed by atoms with van der Waals surface area (Å²) in [5.41, 5.74) is 7.48. The fourth-order valence-corrected chi connectivity index (χ4v) is 3.50. The molecule has 6 heteroatoms. The number of hydrogen-bond acceptors (Lipinski definition) is 5. The van der Waals surface area contributed by atoms with Crippen molar-refractivity contribution in [3.63, 3.8) is 0 Å². The summed E-state index contributed by atoms with van der Waals surface area (Å²) in [6.45, 7) is 7.40. The third kappa shape index (κ3) is 2.55. The first kappa shape index (κ1) is 14.1. The highest BCUT2D eigenvalue weighted by molar-refractivity contribution is 6.01. The second-order valence-electron chi connectivity index (χ2n) is 6.10. The van der Waals surface area contributed by atoms with Gasteiger partial charge < -0.3 is 15.8 Å². The molecule has 3 N–H and O–H groups in total. The summed E-state index contributed by atoms with van der Waals surface area (Å²) in [4.78, 5) is 9.55. The maximum absolute atomic E-state index is 9.00. The Balaban J connectivity index is 1.97. The van der Waals surface area contributed by atoms with Crippen molar-refractivity contribution in [1.29, 1.82) is 0 Å². The molecule has 0 radical (unpaired) electrons. The van der Waals surface area contributed by atoms with Crippen LogP contribution in [0.3, 0.4) is 0 Å². The van der Waals surface area contributed by atoms with E-state index >= 15 is 0 Å². The lowest BCUT2D eigenvalue weighted by Crippen LogP contribution is -2.55. The molecule has 1 aromatic rings. The minimum atomic E-state index is 0.124. The van der Waals surface area contributed by atoms with Gasteiger partial charge in [0.2, 0.25) is 0 Å². The molecule has 21 heavy (non-hydrogen) atoms. The Hall–Kier alpha value is -1.82. The molecule has 2 aliphatic heterocycles. The third-order valence-corrected chi connectivity index (χ3v) is 4.61. The molecule has 3 rings (SSSR count). The van der Waals surface area contributed by atoms with Gasteiger partial charge in [0.15, 0.2) is 5.84 Å². The highest BCUT2D eigenvalue weighted by atomic mass is 16.4. The third-order valence-electron chi connectivity index (χ3n) is 4.61. The smallest absolute Gasteiger partial charge is 0.173 e. The number of hydrogen-bond donors (Lipinski definition) is 2. The Morgan fingerprint density at radius 1 is 1.43 bits per heavy atom. The van der Waals surface area contributed by atoms with Crippen molar-refractivity contribution in [2.75, 3.05) is 24.5 Å². The number of nitrogens with zero attached hydrogens (tertiary/aromatic N) is 4. The number of anilines is 1. The summed E-state index contributed by atoms with van der Waals surface area (Å²) in [5.74, 6) is 0.961. The zero-order valence-electron chi connectivity index (χ0n) is 12.7. The van der Waals surface area contributed by atoms with Crippen molar-refractivity contribution in [1.82, 2.24) is 9.88 Å². The average molecular weight is 289 g/mol. The van der Waals surface area contributed by atoms with Crippen molar-refractivity contribution in [3.05, 3.63) is 23.4 Å². The van der Waals surface area contributed by atoms with Crippen molar-refractivity contribution in [2.45, 2.75) is 38.8 Å². The largest absolute Gasteiger partial charge is 0.409 e. The first-order valence-corrected chi connectivity index (χ1v) is 7.56. The molecule has 114 valence electrons. The van der Waals surface area contributed by atoms with Crippen molar-refractivity contribution in [2.24, 2.45) is 10.9 Å². The highest BCUT2D eigenvalue weighted by Crippen LogP contribution is 2.29. The standard InChI is InChI=1S/C15H23N5O/c1-10-5-6-13(14(16)18-21)15(17-10)20-9-12-4-3-7-19(12)8-11(20)2/h5-6,11-12,21H,3-4,7-9H2,1-2H3,(H2,16,18). The van der Waals surface area contributed by atoms with E-state index < -0.39 is 0 Å². The number of rotatable bonds is 2. The van der Waals surface area contributed by atoms with Crippen LogP contribution in [0.5, 0.6) is 0 Å². The van der Waals surface area contributed by atoms with E-state index in [2.05, 4.69) is 26.9 Å². The van der Waals surface area contributed by atoms with E-state index in [4.69, 9.17) is 10.9 Å². The van der Waals surface area contributed by atoms with Crippen LogP contribution in [0.2, 0.25) is 0 Å². The van der Waals surface area contributed by atoms with Crippen molar-refractivity contribution >= 4 is 11.7 Å². The van der Waals surface area contributed by atoms with Gasteiger partial charge in [-0.05, 0) is 45.4 Å². The number of pyridine rings is 1. The van der Waals surface area contributed by atoms with Crippen LogP contribution in [-0.2, 0) is 0 Å². The van der Waals surface area contributed by atoms with E-state index in [0.717, 1.165) is 24.6 Å². The van der Waals surface area contributed by atoms with Crippen LogP contribution in [0, 0.1) is 6.92 Å². The lowest BCUT2D eigenvalue weighted by molar-refractivity contribution is 0.202. The second-order valence-corrected chi connectivity index (χ2v) is 6.10. The Morgan fingerprint density at radius 3 is 3.00 bits per heavy atom. The quantitative estimate of drug-likeness (QED) is 0.370. The lowest BCUT2D eigenvalue weighted by atomic mass is 10.1. The van der Waals surface area contributed by atoms with E-state index in [9.17, 15) is 0 Å². The molecule has 2 atom stereocenters. The maximum atomic E-state index is 9.00. The fraction of sp³-hybridized carbons (Fsp3) is 0.600. The lowest BCUT2D eigenvalue weighted by Gasteiger charge is -2.43. The molecule has 0 aliphatic carbocycles. The molecule has 0 aromatic carbocycles. The first-order valence-electron chi connectivity index (χ1n) is 7.56. The number of fused-ring (bicyclic) bond motifs is 1. The van der Waals surface area contributed by atoms with Gasteiger partial charge in [0, 0.05) is 30.9 Å². The fourth-order valence-electron chi connectivity index (χ4n) is 3.50. The predicted molar refractivity (Wildman–Crippen MR) is 82.9 cm³/mol. The van der Waals surface area contributed by atoms with Gasteiger partial charge in [-0.25, -0.2) is 4.98 Å². The van der Waals surface area contributed by atoms with Gasteiger partial charge in [-0.1, -0.05) is 5.16 Å². The summed E-state index contributed by atoms with van der Waals surface area (Å²) in [6.07, 6.45) is 2.52. The summed E-state index contributed by atoms with van der Waals surface area (Å²) in [7, 11) is 0. The van der Waals surface area contributed by atoms with Gasteiger partial charge in [-0.3, -0.25) is 4.90 Å². The number of aryl methyl sites for hydroxylation is 1. The summed E-state index contributed by atoms with van der Waals surface area (Å²) >= 11 is 0. The number of nitrogens with two attached hydrogens (primary N) is 1. The van der Waals surface area contributed by atoms with Crippen molar-refractivity contribution < 1.29 is 5.21 Å². The summed E-state index contributed by atoms with van der Waals surface area (Å²) in [6, 6.07) is 4.76. The summed E-state index contributed by atoms with van der Waals surface area (Å²) < 4.78 is 0. The molecule has 2 unspecified atom stereocenters. The van der Waals surface area contributed by atoms with Gasteiger partial charge in [0.05, 0.1) is 5.56 Å². The van der Waals surface area contributed by atoms with Crippen molar-refractivity contribution in [3.8, 4) is 0 Å². The minimum absolute atomic E-state index is 0.124. The minimum Gasteiger partial charge on any atom is -0.409 e. The SMILES string of the molecule is Cc1ccc(/C(N)=N/O)c(N2CC3CCCN3CC2C)n1. The number of oxime groups is 1. The summed E-state index contributed by atoms with van der Waals surface area (Å²) in [5, 5.41) is 12.2. The van der Waals surface area contributed by atoms with Crippen LogP contribution in [0.15, 0.2) is 17.3 Å². The molecule has 6 nitrogen and oxygen atoms in total. The Bertz CT molecular complexity index is 559. The number of aromatic nitrogens is 1. The zero-order valence-corrected chi connectivity index (χ0v) is 12.7. The molecule has 0 spiro atoms. The van der Waals surface area contributed by atoms with Crippen LogP contribution >= 0.6 is 0 Å². The van der Waals surface area contributed by atoms with Crippen LogP contribution in [0.1, 0.15) is 31.0 Å². The molecule has 0 bridgehead atoms. The number of piperazine rings is 1. The second kappa shape index (κ2) is 5.52. The zero-order chi connectivity index (χ0) is 15.0. The molecule has 2 saturated heterocycles. The van der Waals surface area contributed by atoms with Gasteiger partial charge >= 0.3 is 0 Å². The van der Waals surface area contributed by atoms with Crippen LogP contribution in [-0.4, -0.2) is 52.6 Å². The molecule has 2 aliphatic rings. The molecule has 0 saturated carbocycles. The van der Waals surface area contributed by atoms with Gasteiger partial charge in [0.25, 0.3) is 0 Å². The van der Waals surface area contributed by atoms with E-state index in [0.29, 0.717) is 17.6 Å². The Kier molecular flexibility index (Phi) is 3.71. The van der Waals surface area contributed by atoms with Gasteiger partial charge in [-0.15, -0.1) is 0 Å². The predicted octanol–water partition coefficient (Wildman–Crippen LogP) is 1.16. The van der Waals surface area contributed by atoms with E-state index in [1.165, 1.54) is 19.4 Å².